The van der Waals surface area contributed by atoms with Crippen molar-refractivity contribution >= 4 is 5.97 Å². The van der Waals surface area contributed by atoms with Crippen LogP contribution in [0.1, 0.15) is 0 Å². The summed E-state index contributed by atoms with van der Waals surface area (Å²) in [5.74, 6) is -2.99. The molecule has 1 aromatic carbocycles. The van der Waals surface area contributed by atoms with E-state index in [1.807, 2.05) is 0 Å². The number of carboxylic acid groups (broad SMARTS) is 1. The van der Waals surface area contributed by atoms with Gasteiger partial charge in [-0.25, -0.2) is 13.6 Å². The molecule has 0 heterocycles. The third-order valence-electron chi connectivity index (χ3n) is 1.60. The minimum Gasteiger partial charge on any atom is -0.485 e. The third-order valence-corrected chi connectivity index (χ3v) is 1.60. The molecular formula is C10H8F2O3. The Balaban J connectivity index is 2.69. The van der Waals surface area contributed by atoms with E-state index in [4.69, 9.17) is 9.84 Å². The molecule has 0 unspecified atom stereocenters. The number of aliphatic carboxylic acids is 1. The third kappa shape index (κ3) is 3.05. The van der Waals surface area contributed by atoms with Crippen LogP contribution in [0.25, 0.3) is 0 Å². The number of hydrogen-bond donors (Lipinski definition) is 1. The first kappa shape index (κ1) is 11.2. The Bertz CT molecular complexity index is 402. The van der Waals surface area contributed by atoms with Gasteiger partial charge in [-0.1, -0.05) is 6.58 Å². The molecule has 1 N–H and O–H groups in total. The van der Waals surface area contributed by atoms with Crippen molar-refractivity contribution in [2.24, 2.45) is 0 Å². The molecule has 0 aromatic heterocycles. The molecule has 0 aliphatic rings. The molecule has 0 aliphatic carbocycles. The van der Waals surface area contributed by atoms with Gasteiger partial charge in [-0.15, -0.1) is 0 Å². The number of carboxylic acids is 1. The summed E-state index contributed by atoms with van der Waals surface area (Å²) in [6.07, 6.45) is 0. The molecule has 0 spiro atoms. The maximum Gasteiger partial charge on any atom is 0.334 e. The highest BCUT2D eigenvalue weighted by Gasteiger charge is 2.08. The van der Waals surface area contributed by atoms with Crippen molar-refractivity contribution in [3.63, 3.8) is 0 Å². The van der Waals surface area contributed by atoms with Gasteiger partial charge >= 0.3 is 5.97 Å². The van der Waals surface area contributed by atoms with Crippen LogP contribution >= 0.6 is 0 Å². The summed E-state index contributed by atoms with van der Waals surface area (Å²) in [4.78, 5) is 10.3. The van der Waals surface area contributed by atoms with Crippen molar-refractivity contribution in [1.82, 2.24) is 0 Å². The van der Waals surface area contributed by atoms with Crippen LogP contribution in [0.3, 0.4) is 0 Å². The van der Waals surface area contributed by atoms with Crippen molar-refractivity contribution in [2.75, 3.05) is 6.61 Å². The van der Waals surface area contributed by atoms with Gasteiger partial charge in [0.2, 0.25) is 0 Å². The van der Waals surface area contributed by atoms with Gasteiger partial charge in [-0.3, -0.25) is 0 Å². The summed E-state index contributed by atoms with van der Waals surface area (Å²) in [5, 5.41) is 8.44. The van der Waals surface area contributed by atoms with E-state index in [2.05, 4.69) is 6.58 Å². The van der Waals surface area contributed by atoms with Crippen molar-refractivity contribution < 1.29 is 23.4 Å². The fourth-order valence-corrected chi connectivity index (χ4v) is 0.814. The summed E-state index contributed by atoms with van der Waals surface area (Å²) < 4.78 is 30.3. The molecule has 0 aliphatic heterocycles. The highest BCUT2D eigenvalue weighted by atomic mass is 19.1. The Morgan fingerprint density at radius 2 is 2.13 bits per heavy atom. The molecule has 80 valence electrons. The van der Waals surface area contributed by atoms with E-state index < -0.39 is 24.2 Å². The van der Waals surface area contributed by atoms with Crippen LogP contribution in [0.2, 0.25) is 0 Å². The Kier molecular flexibility index (Phi) is 3.38. The summed E-state index contributed by atoms with van der Waals surface area (Å²) in [7, 11) is 0. The molecular weight excluding hydrogens is 206 g/mol. The molecule has 1 rings (SSSR count). The highest BCUT2D eigenvalue weighted by Crippen LogP contribution is 2.18. The lowest BCUT2D eigenvalue weighted by Gasteiger charge is -2.06. The molecule has 0 amide bonds. The van der Waals surface area contributed by atoms with Crippen molar-refractivity contribution in [1.29, 1.82) is 0 Å². The highest BCUT2D eigenvalue weighted by molar-refractivity contribution is 5.86. The van der Waals surface area contributed by atoms with Crippen LogP contribution in [0.5, 0.6) is 5.75 Å². The zero-order chi connectivity index (χ0) is 11.4. The molecule has 15 heavy (non-hydrogen) atoms. The van der Waals surface area contributed by atoms with Crippen LogP contribution in [-0.2, 0) is 4.79 Å². The van der Waals surface area contributed by atoms with Gasteiger partial charge in [0.1, 0.15) is 12.4 Å². The smallest absolute Gasteiger partial charge is 0.334 e. The number of halogens is 2. The second-order valence-corrected chi connectivity index (χ2v) is 2.77. The van der Waals surface area contributed by atoms with Crippen LogP contribution < -0.4 is 4.74 Å². The first-order valence-electron chi connectivity index (χ1n) is 3.99. The average Bonchev–Trinajstić information content (AvgIpc) is 2.18. The predicted octanol–water partition coefficient (Wildman–Crippen LogP) is 1.98. The topological polar surface area (TPSA) is 46.5 Å². The van der Waals surface area contributed by atoms with Gasteiger partial charge in [0.05, 0.1) is 5.57 Å². The van der Waals surface area contributed by atoms with Crippen molar-refractivity contribution in [2.45, 2.75) is 0 Å². The van der Waals surface area contributed by atoms with Gasteiger partial charge in [0.15, 0.2) is 11.6 Å². The van der Waals surface area contributed by atoms with Crippen LogP contribution in [-0.4, -0.2) is 17.7 Å². The van der Waals surface area contributed by atoms with E-state index in [1.54, 1.807) is 0 Å². The number of ether oxygens (including phenoxy) is 1. The van der Waals surface area contributed by atoms with Crippen LogP contribution in [0, 0.1) is 11.6 Å². The lowest BCUT2D eigenvalue weighted by Crippen LogP contribution is -2.09. The first-order valence-corrected chi connectivity index (χ1v) is 3.99. The summed E-state index contributed by atoms with van der Waals surface area (Å²) in [5.41, 5.74) is -0.237. The average molecular weight is 214 g/mol. The molecule has 0 fully saturated rings. The minimum absolute atomic E-state index is 0.237. The Morgan fingerprint density at radius 3 is 2.73 bits per heavy atom. The lowest BCUT2D eigenvalue weighted by atomic mass is 10.3. The largest absolute Gasteiger partial charge is 0.485 e. The van der Waals surface area contributed by atoms with E-state index in [0.29, 0.717) is 0 Å². The molecule has 3 nitrogen and oxygen atoms in total. The molecule has 0 saturated heterocycles. The van der Waals surface area contributed by atoms with Gasteiger partial charge < -0.3 is 9.84 Å². The lowest BCUT2D eigenvalue weighted by molar-refractivity contribution is -0.133. The molecule has 1 aromatic rings. The number of benzene rings is 1. The summed E-state index contributed by atoms with van der Waals surface area (Å²) >= 11 is 0. The van der Waals surface area contributed by atoms with E-state index in [1.165, 1.54) is 0 Å². The quantitative estimate of drug-likeness (QED) is 0.779. The first-order chi connectivity index (χ1) is 7.00. The van der Waals surface area contributed by atoms with Crippen molar-refractivity contribution in [3.05, 3.63) is 42.0 Å². The normalized spacial score (nSPS) is 9.73. The van der Waals surface area contributed by atoms with Crippen LogP contribution in [0.4, 0.5) is 8.78 Å². The van der Waals surface area contributed by atoms with E-state index in [0.717, 1.165) is 18.2 Å². The SMILES string of the molecule is C=C(COc1cc(F)ccc1F)C(=O)O. The summed E-state index contributed by atoms with van der Waals surface area (Å²) in [6.45, 7) is 2.79. The van der Waals surface area contributed by atoms with Crippen LogP contribution in [0.15, 0.2) is 30.4 Å². The Labute approximate surface area is 84.6 Å². The zero-order valence-electron chi connectivity index (χ0n) is 7.67. The molecule has 5 heteroatoms. The Morgan fingerprint density at radius 1 is 1.47 bits per heavy atom. The monoisotopic (exact) mass is 214 g/mol. The number of carbonyl (C=O) groups is 1. The maximum absolute atomic E-state index is 13.0. The van der Waals surface area contributed by atoms with Gasteiger partial charge in [-0.05, 0) is 12.1 Å². The fourth-order valence-electron chi connectivity index (χ4n) is 0.814. The van der Waals surface area contributed by atoms with E-state index in [9.17, 15) is 13.6 Å². The maximum atomic E-state index is 13.0. The second kappa shape index (κ2) is 4.54. The Hall–Kier alpha value is -1.91. The predicted molar refractivity (Wildman–Crippen MR) is 48.6 cm³/mol. The molecule has 0 saturated carbocycles. The van der Waals surface area contributed by atoms with Gasteiger partial charge in [0.25, 0.3) is 0 Å². The molecule has 0 radical (unpaired) electrons. The summed E-state index contributed by atoms with van der Waals surface area (Å²) in [6, 6.07) is 2.67. The molecule has 0 bridgehead atoms. The zero-order valence-corrected chi connectivity index (χ0v) is 7.67. The van der Waals surface area contributed by atoms with Gasteiger partial charge in [0, 0.05) is 6.07 Å². The van der Waals surface area contributed by atoms with Crippen molar-refractivity contribution in [3.8, 4) is 5.75 Å². The second-order valence-electron chi connectivity index (χ2n) is 2.77. The van der Waals surface area contributed by atoms with E-state index >= 15 is 0 Å². The van der Waals surface area contributed by atoms with E-state index in [-0.39, 0.29) is 11.3 Å². The fraction of sp³-hybridized carbons (Fsp3) is 0.100. The minimum atomic E-state index is -1.24. The number of rotatable bonds is 4. The number of hydrogen-bond acceptors (Lipinski definition) is 2. The standard InChI is InChI=1S/C10H8F2O3/c1-6(10(13)14)5-15-9-4-7(11)2-3-8(9)12/h2-4H,1,5H2,(H,13,14). The molecule has 0 atom stereocenters. The van der Waals surface area contributed by atoms with Gasteiger partial charge in [-0.2, -0.15) is 0 Å².